The van der Waals surface area contributed by atoms with Gasteiger partial charge in [0.05, 0.1) is 12.3 Å². The van der Waals surface area contributed by atoms with Gasteiger partial charge in [-0.1, -0.05) is 17.5 Å². The van der Waals surface area contributed by atoms with Gasteiger partial charge in [-0.15, -0.1) is 18.2 Å². The van der Waals surface area contributed by atoms with Crippen molar-refractivity contribution in [1.29, 1.82) is 0 Å². The van der Waals surface area contributed by atoms with E-state index in [2.05, 4.69) is 11.2 Å². The van der Waals surface area contributed by atoms with Crippen LogP contribution in [0.2, 0.25) is 5.02 Å². The van der Waals surface area contributed by atoms with Crippen LogP contribution in [0.5, 0.6) is 0 Å². The smallest absolute Gasteiger partial charge is 0.316 e. The molecule has 0 saturated carbocycles. The SMILES string of the molecule is C#CCNC(=O)COC(=O)CSc1ccc(Cl)cc1. The Bertz CT molecular complexity index is 482. The maximum Gasteiger partial charge on any atom is 0.316 e. The van der Waals surface area contributed by atoms with Crippen LogP contribution in [0.15, 0.2) is 29.2 Å². The van der Waals surface area contributed by atoms with Crippen molar-refractivity contribution in [2.45, 2.75) is 4.90 Å². The first kappa shape index (κ1) is 15.4. The topological polar surface area (TPSA) is 55.4 Å². The van der Waals surface area contributed by atoms with Crippen molar-refractivity contribution in [1.82, 2.24) is 5.32 Å². The number of benzene rings is 1. The monoisotopic (exact) mass is 297 g/mol. The molecule has 1 aromatic carbocycles. The first-order valence-corrected chi connectivity index (χ1v) is 6.72. The van der Waals surface area contributed by atoms with E-state index in [4.69, 9.17) is 22.8 Å². The van der Waals surface area contributed by atoms with E-state index in [9.17, 15) is 9.59 Å². The number of carbonyl (C=O) groups excluding carboxylic acids is 2. The van der Waals surface area contributed by atoms with E-state index < -0.39 is 11.9 Å². The van der Waals surface area contributed by atoms with Crippen LogP contribution in [0.1, 0.15) is 0 Å². The lowest BCUT2D eigenvalue weighted by molar-refractivity contribution is -0.145. The van der Waals surface area contributed by atoms with Crippen LogP contribution in [0.3, 0.4) is 0 Å². The van der Waals surface area contributed by atoms with Crippen LogP contribution < -0.4 is 5.32 Å². The minimum absolute atomic E-state index is 0.121. The summed E-state index contributed by atoms with van der Waals surface area (Å²) in [5, 5.41) is 3.03. The van der Waals surface area contributed by atoms with Crippen molar-refractivity contribution in [3.63, 3.8) is 0 Å². The van der Waals surface area contributed by atoms with Gasteiger partial charge in [0.2, 0.25) is 0 Å². The highest BCUT2D eigenvalue weighted by Gasteiger charge is 2.07. The molecule has 1 rings (SSSR count). The summed E-state index contributed by atoms with van der Waals surface area (Å²) in [5.74, 6) is 1.50. The zero-order chi connectivity index (χ0) is 14.1. The van der Waals surface area contributed by atoms with Gasteiger partial charge in [-0.2, -0.15) is 0 Å². The third-order valence-corrected chi connectivity index (χ3v) is 3.16. The predicted molar refractivity (Wildman–Crippen MR) is 75.0 cm³/mol. The minimum Gasteiger partial charge on any atom is -0.455 e. The molecule has 0 heterocycles. The number of terminal acetylenes is 1. The summed E-state index contributed by atoms with van der Waals surface area (Å²) in [5.41, 5.74) is 0. The van der Waals surface area contributed by atoms with E-state index in [-0.39, 0.29) is 18.9 Å². The van der Waals surface area contributed by atoms with Crippen molar-refractivity contribution in [2.75, 3.05) is 18.9 Å². The van der Waals surface area contributed by atoms with E-state index in [0.29, 0.717) is 5.02 Å². The molecule has 1 N–H and O–H groups in total. The first-order chi connectivity index (χ1) is 9.11. The highest BCUT2D eigenvalue weighted by Crippen LogP contribution is 2.20. The number of hydrogen-bond acceptors (Lipinski definition) is 4. The molecule has 0 aliphatic heterocycles. The van der Waals surface area contributed by atoms with E-state index in [0.717, 1.165) is 4.90 Å². The van der Waals surface area contributed by atoms with Crippen LogP contribution in [0, 0.1) is 12.3 Å². The minimum atomic E-state index is -0.462. The van der Waals surface area contributed by atoms with Crippen LogP contribution in [0.25, 0.3) is 0 Å². The fourth-order valence-electron chi connectivity index (χ4n) is 1.06. The Morgan fingerprint density at radius 1 is 1.37 bits per heavy atom. The highest BCUT2D eigenvalue weighted by molar-refractivity contribution is 8.00. The zero-order valence-corrected chi connectivity index (χ0v) is 11.6. The molecular formula is C13H12ClNO3S. The molecule has 0 fully saturated rings. The van der Waals surface area contributed by atoms with Crippen molar-refractivity contribution >= 4 is 35.2 Å². The Morgan fingerprint density at radius 2 is 2.05 bits per heavy atom. The first-order valence-electron chi connectivity index (χ1n) is 5.36. The Morgan fingerprint density at radius 3 is 2.68 bits per heavy atom. The second-order valence-electron chi connectivity index (χ2n) is 3.38. The molecule has 0 aromatic heterocycles. The predicted octanol–water partition coefficient (Wildman–Crippen LogP) is 1.72. The fraction of sp³-hybridized carbons (Fsp3) is 0.231. The second kappa shape index (κ2) is 8.46. The average Bonchev–Trinajstić information content (AvgIpc) is 2.42. The van der Waals surface area contributed by atoms with E-state index in [1.54, 1.807) is 24.3 Å². The second-order valence-corrected chi connectivity index (χ2v) is 4.87. The van der Waals surface area contributed by atoms with Crippen molar-refractivity contribution < 1.29 is 14.3 Å². The van der Waals surface area contributed by atoms with E-state index in [1.165, 1.54) is 11.8 Å². The molecule has 0 bridgehead atoms. The average molecular weight is 298 g/mol. The number of hydrogen-bond donors (Lipinski definition) is 1. The van der Waals surface area contributed by atoms with Crippen LogP contribution in [-0.4, -0.2) is 30.8 Å². The molecule has 100 valence electrons. The number of thioether (sulfide) groups is 1. The molecule has 0 saturated heterocycles. The number of ether oxygens (including phenoxy) is 1. The molecule has 1 aromatic rings. The van der Waals surface area contributed by atoms with Gasteiger partial charge in [0, 0.05) is 9.92 Å². The molecule has 0 aliphatic carbocycles. The normalized spacial score (nSPS) is 9.47. The summed E-state index contributed by atoms with van der Waals surface area (Å²) >= 11 is 7.05. The zero-order valence-electron chi connectivity index (χ0n) is 10.0. The summed E-state index contributed by atoms with van der Waals surface area (Å²) in [6.45, 7) is -0.197. The fourth-order valence-corrected chi connectivity index (χ4v) is 1.88. The maximum absolute atomic E-state index is 11.4. The quantitative estimate of drug-likeness (QED) is 0.493. The standard InChI is InChI=1S/C13H12ClNO3S/c1-2-7-15-12(16)8-18-13(17)9-19-11-5-3-10(14)4-6-11/h1,3-6H,7-9H2,(H,15,16). The molecule has 0 radical (unpaired) electrons. The maximum atomic E-state index is 11.4. The molecular weight excluding hydrogens is 286 g/mol. The Balaban J connectivity index is 2.23. The molecule has 19 heavy (non-hydrogen) atoms. The van der Waals surface area contributed by atoms with Gasteiger partial charge in [-0.3, -0.25) is 9.59 Å². The number of nitrogens with one attached hydrogen (secondary N) is 1. The lowest BCUT2D eigenvalue weighted by atomic mass is 10.4. The van der Waals surface area contributed by atoms with Crippen molar-refractivity contribution in [3.8, 4) is 12.3 Å². The molecule has 1 amide bonds. The molecule has 4 nitrogen and oxygen atoms in total. The number of rotatable bonds is 6. The van der Waals surface area contributed by atoms with Crippen LogP contribution >= 0.6 is 23.4 Å². The van der Waals surface area contributed by atoms with Gasteiger partial charge in [0.15, 0.2) is 6.61 Å². The summed E-state index contributed by atoms with van der Waals surface area (Å²) in [6, 6.07) is 7.09. The van der Waals surface area contributed by atoms with Crippen molar-refractivity contribution in [2.24, 2.45) is 0 Å². The molecule has 0 aliphatic rings. The largest absolute Gasteiger partial charge is 0.455 e. The van der Waals surface area contributed by atoms with Crippen LogP contribution in [-0.2, 0) is 14.3 Å². The summed E-state index contributed by atoms with van der Waals surface area (Å²) < 4.78 is 4.78. The van der Waals surface area contributed by atoms with Gasteiger partial charge >= 0.3 is 5.97 Å². The molecule has 0 unspecified atom stereocenters. The summed E-state index contributed by atoms with van der Waals surface area (Å²) in [6.07, 6.45) is 4.97. The molecule has 0 atom stereocenters. The molecule has 6 heteroatoms. The third-order valence-electron chi connectivity index (χ3n) is 1.92. The lowest BCUT2D eigenvalue weighted by Crippen LogP contribution is -2.29. The third kappa shape index (κ3) is 6.75. The van der Waals surface area contributed by atoms with Crippen molar-refractivity contribution in [3.05, 3.63) is 29.3 Å². The number of carbonyl (C=O) groups is 2. The molecule has 0 spiro atoms. The highest BCUT2D eigenvalue weighted by atomic mass is 35.5. The van der Waals surface area contributed by atoms with Gasteiger partial charge in [0.25, 0.3) is 5.91 Å². The van der Waals surface area contributed by atoms with E-state index in [1.807, 2.05) is 0 Å². The van der Waals surface area contributed by atoms with Gasteiger partial charge in [0.1, 0.15) is 0 Å². The number of esters is 1. The Kier molecular flexibility index (Phi) is 6.86. The number of halogens is 1. The Hall–Kier alpha value is -1.64. The summed E-state index contributed by atoms with van der Waals surface area (Å²) in [7, 11) is 0. The number of amides is 1. The Labute approximate surface area is 120 Å². The van der Waals surface area contributed by atoms with Gasteiger partial charge in [-0.25, -0.2) is 0 Å². The summed E-state index contributed by atoms with van der Waals surface area (Å²) in [4.78, 5) is 23.4. The van der Waals surface area contributed by atoms with E-state index >= 15 is 0 Å². The van der Waals surface area contributed by atoms with Gasteiger partial charge < -0.3 is 10.1 Å². The van der Waals surface area contributed by atoms with Crippen LogP contribution in [0.4, 0.5) is 0 Å². The van der Waals surface area contributed by atoms with Gasteiger partial charge in [-0.05, 0) is 24.3 Å². The lowest BCUT2D eigenvalue weighted by Gasteiger charge is -2.04.